The molecule has 106 valence electrons. The Hall–Kier alpha value is -1.06. The van der Waals surface area contributed by atoms with Crippen LogP contribution in [0.25, 0.3) is 0 Å². The molecule has 0 aliphatic carbocycles. The zero-order valence-corrected chi connectivity index (χ0v) is 12.4. The molecule has 1 saturated heterocycles. The van der Waals surface area contributed by atoms with Gasteiger partial charge in [0.2, 0.25) is 0 Å². The molecule has 0 amide bonds. The van der Waals surface area contributed by atoms with Gasteiger partial charge in [0, 0.05) is 12.2 Å². The SMILES string of the molecule is CCOc1ccc(C)cc1C(NC)C1OCCC1C. The summed E-state index contributed by atoms with van der Waals surface area (Å²) in [6.07, 6.45) is 1.37. The molecule has 1 N–H and O–H groups in total. The maximum absolute atomic E-state index is 5.93. The number of hydrogen-bond donors (Lipinski definition) is 1. The Balaban J connectivity index is 2.33. The summed E-state index contributed by atoms with van der Waals surface area (Å²) in [4.78, 5) is 0. The third-order valence-electron chi connectivity index (χ3n) is 3.88. The van der Waals surface area contributed by atoms with Gasteiger partial charge in [-0.15, -0.1) is 0 Å². The van der Waals surface area contributed by atoms with Crippen LogP contribution in [0.3, 0.4) is 0 Å². The number of ether oxygens (including phenoxy) is 2. The van der Waals surface area contributed by atoms with Crippen molar-refractivity contribution in [3.8, 4) is 5.75 Å². The number of rotatable bonds is 5. The van der Waals surface area contributed by atoms with Crippen LogP contribution in [-0.2, 0) is 4.74 Å². The first kappa shape index (κ1) is 14.4. The molecule has 0 spiro atoms. The zero-order chi connectivity index (χ0) is 13.8. The Labute approximate surface area is 116 Å². The minimum Gasteiger partial charge on any atom is -0.494 e. The molecule has 0 bridgehead atoms. The fourth-order valence-electron chi connectivity index (χ4n) is 2.84. The van der Waals surface area contributed by atoms with Crippen LogP contribution >= 0.6 is 0 Å². The highest BCUT2D eigenvalue weighted by atomic mass is 16.5. The van der Waals surface area contributed by atoms with E-state index >= 15 is 0 Å². The van der Waals surface area contributed by atoms with Gasteiger partial charge in [-0.2, -0.15) is 0 Å². The quantitative estimate of drug-likeness (QED) is 0.885. The van der Waals surface area contributed by atoms with Gasteiger partial charge in [0.25, 0.3) is 0 Å². The van der Waals surface area contributed by atoms with Crippen LogP contribution in [0.2, 0.25) is 0 Å². The maximum atomic E-state index is 5.93. The Bertz CT molecular complexity index is 419. The average Bonchev–Trinajstić information content (AvgIpc) is 2.80. The summed E-state index contributed by atoms with van der Waals surface area (Å²) in [6.45, 7) is 7.95. The van der Waals surface area contributed by atoms with E-state index in [4.69, 9.17) is 9.47 Å². The summed E-state index contributed by atoms with van der Waals surface area (Å²) < 4.78 is 11.7. The van der Waals surface area contributed by atoms with Crippen molar-refractivity contribution in [3.63, 3.8) is 0 Å². The Morgan fingerprint density at radius 3 is 2.84 bits per heavy atom. The first-order chi connectivity index (χ1) is 9.17. The predicted molar refractivity (Wildman–Crippen MR) is 77.7 cm³/mol. The molecule has 3 atom stereocenters. The van der Waals surface area contributed by atoms with Crippen LogP contribution < -0.4 is 10.1 Å². The van der Waals surface area contributed by atoms with E-state index < -0.39 is 0 Å². The van der Waals surface area contributed by atoms with Crippen molar-refractivity contribution in [1.29, 1.82) is 0 Å². The fraction of sp³-hybridized carbons (Fsp3) is 0.625. The molecule has 0 saturated carbocycles. The summed E-state index contributed by atoms with van der Waals surface area (Å²) in [5.74, 6) is 1.54. The van der Waals surface area contributed by atoms with Gasteiger partial charge >= 0.3 is 0 Å². The number of nitrogens with one attached hydrogen (secondary N) is 1. The molecule has 2 rings (SSSR count). The van der Waals surface area contributed by atoms with Crippen molar-refractivity contribution in [2.75, 3.05) is 20.3 Å². The highest BCUT2D eigenvalue weighted by molar-refractivity contribution is 5.40. The molecule has 1 fully saturated rings. The van der Waals surface area contributed by atoms with Crippen LogP contribution in [0.15, 0.2) is 18.2 Å². The van der Waals surface area contributed by atoms with E-state index in [-0.39, 0.29) is 12.1 Å². The topological polar surface area (TPSA) is 30.5 Å². The molecule has 3 unspecified atom stereocenters. The van der Waals surface area contributed by atoms with E-state index in [0.29, 0.717) is 12.5 Å². The third kappa shape index (κ3) is 3.10. The molecule has 1 aromatic carbocycles. The molecule has 1 aliphatic rings. The molecule has 3 nitrogen and oxygen atoms in total. The Morgan fingerprint density at radius 1 is 1.47 bits per heavy atom. The van der Waals surface area contributed by atoms with E-state index in [0.717, 1.165) is 18.8 Å². The second-order valence-corrected chi connectivity index (χ2v) is 5.34. The van der Waals surface area contributed by atoms with Crippen LogP contribution in [0.4, 0.5) is 0 Å². The van der Waals surface area contributed by atoms with Crippen molar-refractivity contribution in [2.24, 2.45) is 5.92 Å². The van der Waals surface area contributed by atoms with Gasteiger partial charge in [0.05, 0.1) is 18.8 Å². The van der Waals surface area contributed by atoms with E-state index in [2.05, 4.69) is 37.4 Å². The normalized spacial score (nSPS) is 24.4. The van der Waals surface area contributed by atoms with Gasteiger partial charge in [-0.25, -0.2) is 0 Å². The summed E-state index contributed by atoms with van der Waals surface area (Å²) in [7, 11) is 2.00. The second-order valence-electron chi connectivity index (χ2n) is 5.34. The minimum absolute atomic E-state index is 0.193. The van der Waals surface area contributed by atoms with Gasteiger partial charge in [0.1, 0.15) is 5.75 Å². The van der Waals surface area contributed by atoms with Crippen molar-refractivity contribution in [1.82, 2.24) is 5.32 Å². The largest absolute Gasteiger partial charge is 0.494 e. The Morgan fingerprint density at radius 2 is 2.26 bits per heavy atom. The molecular formula is C16H25NO2. The molecule has 19 heavy (non-hydrogen) atoms. The first-order valence-electron chi connectivity index (χ1n) is 7.19. The second kappa shape index (κ2) is 6.40. The summed E-state index contributed by atoms with van der Waals surface area (Å²) in [5.41, 5.74) is 2.47. The lowest BCUT2D eigenvalue weighted by Gasteiger charge is -2.28. The van der Waals surface area contributed by atoms with Crippen molar-refractivity contribution in [2.45, 2.75) is 39.3 Å². The highest BCUT2D eigenvalue weighted by Crippen LogP contribution is 2.35. The van der Waals surface area contributed by atoms with Gasteiger partial charge in [-0.3, -0.25) is 0 Å². The molecule has 1 aliphatic heterocycles. The van der Waals surface area contributed by atoms with Gasteiger partial charge in [0.15, 0.2) is 0 Å². The van der Waals surface area contributed by atoms with Gasteiger partial charge < -0.3 is 14.8 Å². The van der Waals surface area contributed by atoms with E-state index in [1.54, 1.807) is 0 Å². The molecule has 0 radical (unpaired) electrons. The molecule has 0 aromatic heterocycles. The highest BCUT2D eigenvalue weighted by Gasteiger charge is 2.33. The van der Waals surface area contributed by atoms with Crippen molar-refractivity contribution < 1.29 is 9.47 Å². The van der Waals surface area contributed by atoms with Crippen molar-refractivity contribution in [3.05, 3.63) is 29.3 Å². The molecule has 1 aromatic rings. The average molecular weight is 263 g/mol. The minimum atomic E-state index is 0.193. The fourth-order valence-corrected chi connectivity index (χ4v) is 2.84. The van der Waals surface area contributed by atoms with E-state index in [9.17, 15) is 0 Å². The summed E-state index contributed by atoms with van der Waals surface area (Å²) in [5, 5.41) is 3.41. The number of benzene rings is 1. The van der Waals surface area contributed by atoms with E-state index in [1.165, 1.54) is 11.1 Å². The lowest BCUT2D eigenvalue weighted by atomic mass is 9.91. The predicted octanol–water partition coefficient (Wildman–Crippen LogP) is 3.08. The zero-order valence-electron chi connectivity index (χ0n) is 12.4. The monoisotopic (exact) mass is 263 g/mol. The summed E-state index contributed by atoms with van der Waals surface area (Å²) >= 11 is 0. The lowest BCUT2D eigenvalue weighted by molar-refractivity contribution is 0.0621. The number of hydrogen-bond acceptors (Lipinski definition) is 3. The third-order valence-corrected chi connectivity index (χ3v) is 3.88. The molecular weight excluding hydrogens is 238 g/mol. The van der Waals surface area contributed by atoms with Gasteiger partial charge in [-0.05, 0) is 39.3 Å². The standard InChI is InChI=1S/C16H25NO2/c1-5-18-14-7-6-11(2)10-13(14)15(17-4)16-12(3)8-9-19-16/h6-7,10,12,15-17H,5,8-9H2,1-4H3. The van der Waals surface area contributed by atoms with Crippen LogP contribution in [0, 0.1) is 12.8 Å². The smallest absolute Gasteiger partial charge is 0.124 e. The number of aryl methyl sites for hydroxylation is 1. The van der Waals surface area contributed by atoms with Crippen molar-refractivity contribution >= 4 is 0 Å². The van der Waals surface area contributed by atoms with Crippen LogP contribution in [0.1, 0.15) is 37.4 Å². The lowest BCUT2D eigenvalue weighted by Crippen LogP contribution is -2.33. The molecule has 3 heteroatoms. The summed E-state index contributed by atoms with van der Waals surface area (Å²) in [6, 6.07) is 6.57. The van der Waals surface area contributed by atoms with Crippen LogP contribution in [-0.4, -0.2) is 26.4 Å². The van der Waals surface area contributed by atoms with Crippen LogP contribution in [0.5, 0.6) is 5.75 Å². The van der Waals surface area contributed by atoms with Gasteiger partial charge in [-0.1, -0.05) is 24.6 Å². The maximum Gasteiger partial charge on any atom is 0.124 e. The molecule has 1 heterocycles. The first-order valence-corrected chi connectivity index (χ1v) is 7.19. The number of likely N-dealkylation sites (N-methyl/N-ethyl adjacent to an activating group) is 1. The Kier molecular flexibility index (Phi) is 4.83. The van der Waals surface area contributed by atoms with E-state index in [1.807, 2.05) is 14.0 Å².